The number of hydrogen-bond donors (Lipinski definition) is 0. The summed E-state index contributed by atoms with van der Waals surface area (Å²) >= 11 is 0. The lowest BCUT2D eigenvalue weighted by Crippen LogP contribution is -2.13. The Morgan fingerprint density at radius 3 is 2.25 bits per heavy atom. The third-order valence-electron chi connectivity index (χ3n) is 2.90. The van der Waals surface area contributed by atoms with Gasteiger partial charge in [-0.1, -0.05) is 33.6 Å². The summed E-state index contributed by atoms with van der Waals surface area (Å²) in [6.07, 6.45) is 4.89. The zero-order valence-electron chi connectivity index (χ0n) is 10.6. The Balaban J connectivity index is 2.72. The molecule has 0 aliphatic heterocycles. The third kappa shape index (κ3) is 3.22. The van der Waals surface area contributed by atoms with Crippen LogP contribution in [0.15, 0.2) is 16.5 Å². The summed E-state index contributed by atoms with van der Waals surface area (Å²) in [6, 6.07) is 3.72. The fraction of sp³-hybridized carbons (Fsp3) is 0.643. The monoisotopic (exact) mass is 222 g/mol. The van der Waals surface area contributed by atoms with Gasteiger partial charge in [-0.2, -0.15) is 0 Å². The Bertz CT molecular complexity index is 319. The predicted octanol–water partition coefficient (Wildman–Crippen LogP) is 4.24. The first-order chi connectivity index (χ1) is 7.72. The number of rotatable bonds is 7. The molecule has 16 heavy (non-hydrogen) atoms. The van der Waals surface area contributed by atoms with Gasteiger partial charge < -0.3 is 4.42 Å². The normalized spacial score (nSPS) is 11.0. The first-order valence-corrected chi connectivity index (χ1v) is 6.35. The van der Waals surface area contributed by atoms with E-state index in [1.807, 2.05) is 19.1 Å². The van der Waals surface area contributed by atoms with Crippen LogP contribution < -0.4 is 0 Å². The summed E-state index contributed by atoms with van der Waals surface area (Å²) in [5.41, 5.74) is 0. The Morgan fingerprint density at radius 2 is 1.81 bits per heavy atom. The Kier molecular flexibility index (Phi) is 5.30. The summed E-state index contributed by atoms with van der Waals surface area (Å²) in [4.78, 5) is 12.2. The van der Waals surface area contributed by atoms with Crippen LogP contribution in [-0.2, 0) is 6.42 Å². The van der Waals surface area contributed by atoms with Gasteiger partial charge in [0.15, 0.2) is 5.76 Å². The van der Waals surface area contributed by atoms with E-state index < -0.39 is 0 Å². The van der Waals surface area contributed by atoms with E-state index in [9.17, 15) is 4.79 Å². The lowest BCUT2D eigenvalue weighted by molar-refractivity contribution is 0.0874. The number of aryl methyl sites for hydroxylation is 1. The molecule has 0 saturated heterocycles. The predicted molar refractivity (Wildman–Crippen MR) is 65.7 cm³/mol. The number of Topliss-reactive ketones (excluding diaryl/α,β-unsaturated/α-hetero) is 1. The minimum absolute atomic E-state index is 0.144. The molecule has 0 aliphatic carbocycles. The van der Waals surface area contributed by atoms with Crippen molar-refractivity contribution in [3.63, 3.8) is 0 Å². The summed E-state index contributed by atoms with van der Waals surface area (Å²) in [5, 5.41) is 0. The summed E-state index contributed by atoms with van der Waals surface area (Å²) in [5.74, 6) is 1.77. The molecule has 1 heterocycles. The zero-order chi connectivity index (χ0) is 12.0. The number of ketones is 1. The molecule has 0 aromatic carbocycles. The van der Waals surface area contributed by atoms with E-state index >= 15 is 0 Å². The summed E-state index contributed by atoms with van der Waals surface area (Å²) in [7, 11) is 0. The van der Waals surface area contributed by atoms with Gasteiger partial charge in [0.05, 0.1) is 0 Å². The van der Waals surface area contributed by atoms with Gasteiger partial charge in [0.1, 0.15) is 5.76 Å². The molecular formula is C14H22O2. The maximum absolute atomic E-state index is 12.2. The lowest BCUT2D eigenvalue weighted by atomic mass is 9.92. The second kappa shape index (κ2) is 6.51. The van der Waals surface area contributed by atoms with E-state index in [4.69, 9.17) is 4.42 Å². The molecule has 0 spiro atoms. The lowest BCUT2D eigenvalue weighted by Gasteiger charge is -2.11. The van der Waals surface area contributed by atoms with Crippen LogP contribution >= 0.6 is 0 Å². The van der Waals surface area contributed by atoms with Crippen molar-refractivity contribution in [2.45, 2.75) is 52.9 Å². The molecule has 1 aromatic rings. The zero-order valence-corrected chi connectivity index (χ0v) is 10.6. The van der Waals surface area contributed by atoms with Gasteiger partial charge in [-0.3, -0.25) is 4.79 Å². The minimum Gasteiger partial charge on any atom is -0.458 e. The highest BCUT2D eigenvalue weighted by Gasteiger charge is 2.21. The van der Waals surface area contributed by atoms with Crippen molar-refractivity contribution >= 4 is 5.78 Å². The van der Waals surface area contributed by atoms with Crippen LogP contribution in [0.2, 0.25) is 0 Å². The molecule has 1 rings (SSSR count). The van der Waals surface area contributed by atoms with Gasteiger partial charge in [-0.05, 0) is 25.0 Å². The smallest absolute Gasteiger partial charge is 0.201 e. The molecule has 0 atom stereocenters. The first-order valence-electron chi connectivity index (χ1n) is 6.35. The van der Waals surface area contributed by atoms with Crippen molar-refractivity contribution in [3.05, 3.63) is 23.7 Å². The Hall–Kier alpha value is -1.05. The van der Waals surface area contributed by atoms with E-state index in [2.05, 4.69) is 13.8 Å². The number of hydrogen-bond acceptors (Lipinski definition) is 2. The quantitative estimate of drug-likeness (QED) is 0.646. The van der Waals surface area contributed by atoms with Gasteiger partial charge >= 0.3 is 0 Å². The maximum atomic E-state index is 12.2. The molecule has 0 radical (unpaired) electrons. The number of furan rings is 1. The van der Waals surface area contributed by atoms with E-state index in [0.717, 1.165) is 37.9 Å². The van der Waals surface area contributed by atoms with Crippen molar-refractivity contribution in [2.75, 3.05) is 0 Å². The van der Waals surface area contributed by atoms with Crippen molar-refractivity contribution in [1.82, 2.24) is 0 Å². The van der Waals surface area contributed by atoms with Crippen molar-refractivity contribution in [3.8, 4) is 0 Å². The molecule has 0 aliphatic rings. The van der Waals surface area contributed by atoms with Crippen LogP contribution in [-0.4, -0.2) is 5.78 Å². The molecule has 0 fully saturated rings. The van der Waals surface area contributed by atoms with E-state index in [-0.39, 0.29) is 11.7 Å². The van der Waals surface area contributed by atoms with E-state index in [0.29, 0.717) is 5.76 Å². The molecule has 0 unspecified atom stereocenters. The molecule has 1 aromatic heterocycles. The van der Waals surface area contributed by atoms with Gasteiger partial charge in [0, 0.05) is 12.3 Å². The largest absolute Gasteiger partial charge is 0.458 e. The molecular weight excluding hydrogens is 200 g/mol. The summed E-state index contributed by atoms with van der Waals surface area (Å²) < 4.78 is 5.52. The van der Waals surface area contributed by atoms with Crippen LogP contribution in [0.1, 0.15) is 62.8 Å². The van der Waals surface area contributed by atoms with Crippen LogP contribution in [0.5, 0.6) is 0 Å². The second-order valence-corrected chi connectivity index (χ2v) is 4.26. The second-order valence-electron chi connectivity index (χ2n) is 4.26. The highest BCUT2D eigenvalue weighted by molar-refractivity contribution is 5.95. The van der Waals surface area contributed by atoms with Crippen molar-refractivity contribution in [2.24, 2.45) is 5.92 Å². The minimum atomic E-state index is 0.144. The van der Waals surface area contributed by atoms with Crippen LogP contribution in [0.25, 0.3) is 0 Å². The Labute approximate surface area is 98.0 Å². The SMILES string of the molecule is CCCC(CCC)C(=O)c1ccc(CC)o1. The van der Waals surface area contributed by atoms with Gasteiger partial charge in [-0.15, -0.1) is 0 Å². The maximum Gasteiger partial charge on any atom is 0.201 e. The van der Waals surface area contributed by atoms with Crippen molar-refractivity contribution in [1.29, 1.82) is 0 Å². The molecule has 0 N–H and O–H groups in total. The fourth-order valence-electron chi connectivity index (χ4n) is 2.00. The van der Waals surface area contributed by atoms with Crippen molar-refractivity contribution < 1.29 is 9.21 Å². The van der Waals surface area contributed by atoms with Crippen LogP contribution in [0.4, 0.5) is 0 Å². The fourth-order valence-corrected chi connectivity index (χ4v) is 2.00. The average Bonchev–Trinajstić information content (AvgIpc) is 2.76. The highest BCUT2D eigenvalue weighted by atomic mass is 16.3. The summed E-state index contributed by atoms with van der Waals surface area (Å²) in [6.45, 7) is 6.27. The molecule has 2 nitrogen and oxygen atoms in total. The van der Waals surface area contributed by atoms with E-state index in [1.54, 1.807) is 0 Å². The first kappa shape index (κ1) is 13.0. The highest BCUT2D eigenvalue weighted by Crippen LogP contribution is 2.21. The van der Waals surface area contributed by atoms with E-state index in [1.165, 1.54) is 0 Å². The number of carbonyl (C=O) groups excluding carboxylic acids is 1. The Morgan fingerprint density at radius 1 is 1.19 bits per heavy atom. The van der Waals surface area contributed by atoms with Gasteiger partial charge in [0.25, 0.3) is 0 Å². The number of carbonyl (C=O) groups is 1. The van der Waals surface area contributed by atoms with Crippen LogP contribution in [0.3, 0.4) is 0 Å². The average molecular weight is 222 g/mol. The molecule has 0 saturated carbocycles. The standard InChI is InChI=1S/C14H22O2/c1-4-7-11(8-5-2)14(15)13-10-9-12(6-3)16-13/h9-11H,4-8H2,1-3H3. The topological polar surface area (TPSA) is 30.2 Å². The van der Waals surface area contributed by atoms with Crippen LogP contribution in [0, 0.1) is 5.92 Å². The molecule has 0 bridgehead atoms. The van der Waals surface area contributed by atoms with Gasteiger partial charge in [0.2, 0.25) is 5.78 Å². The molecule has 0 amide bonds. The molecule has 90 valence electrons. The van der Waals surface area contributed by atoms with Gasteiger partial charge in [-0.25, -0.2) is 0 Å². The third-order valence-corrected chi connectivity index (χ3v) is 2.90. The molecule has 2 heteroatoms.